The molecule has 0 unspecified atom stereocenters. The molecule has 0 atom stereocenters. The van der Waals surface area contributed by atoms with Gasteiger partial charge in [0.15, 0.2) is 25.5 Å². The molecule has 2 fully saturated rings. The number of hydrazone groups is 1. The third-order valence-electron chi connectivity index (χ3n) is 5.78. The zero-order valence-corrected chi connectivity index (χ0v) is 21.9. The minimum atomic E-state index is -3.35. The highest BCUT2D eigenvalue weighted by atomic mass is 32.2. The van der Waals surface area contributed by atoms with Crippen LogP contribution in [-0.2, 0) is 42.2 Å². The van der Waals surface area contributed by atoms with Crippen LogP contribution in [0.15, 0.2) is 40.5 Å². The van der Waals surface area contributed by atoms with Crippen LogP contribution in [0, 0.1) is 0 Å². The molecule has 35 heavy (non-hydrogen) atoms. The average molecular weight is 541 g/mol. The van der Waals surface area contributed by atoms with Gasteiger partial charge in [-0.3, -0.25) is 14.7 Å². The number of carbonyl (C=O) groups excluding carboxylic acids is 1. The van der Waals surface area contributed by atoms with Crippen molar-refractivity contribution >= 4 is 42.5 Å². The van der Waals surface area contributed by atoms with Crippen LogP contribution in [0.1, 0.15) is 15.4 Å². The maximum Gasteiger partial charge on any atom is 0.190 e. The standard InChI is InChI=1S/C22H28N4O6S3/c1-34(28,29)19-4-2-17(3-5-19)22(24-26-6-10-32-11-7-26)20(27)14-21-23-15-18(33-21)16-25-8-12-35(30,31)13-9-25/h2-5,15H,6-14,16H2,1H3/b24-22+. The number of thiazole rings is 1. The summed E-state index contributed by atoms with van der Waals surface area (Å²) in [6, 6.07) is 6.16. The van der Waals surface area contributed by atoms with Crippen molar-refractivity contribution in [3.8, 4) is 0 Å². The fourth-order valence-electron chi connectivity index (χ4n) is 3.78. The van der Waals surface area contributed by atoms with E-state index in [4.69, 9.17) is 4.74 Å². The van der Waals surface area contributed by atoms with E-state index in [0.717, 1.165) is 11.1 Å². The molecule has 10 nitrogen and oxygen atoms in total. The first-order valence-electron chi connectivity index (χ1n) is 11.2. The average Bonchev–Trinajstić information content (AvgIpc) is 3.25. The van der Waals surface area contributed by atoms with Crippen molar-refractivity contribution in [2.45, 2.75) is 17.9 Å². The number of Topliss-reactive ketones (excluding diaryl/α,β-unsaturated/α-hetero) is 1. The van der Waals surface area contributed by atoms with Crippen LogP contribution in [-0.4, -0.2) is 100 Å². The Morgan fingerprint density at radius 3 is 2.40 bits per heavy atom. The second-order valence-corrected chi connectivity index (χ2v) is 14.1. The SMILES string of the molecule is CS(=O)(=O)c1ccc(/C(=N\N2CCOCC2)C(=O)Cc2ncc(CN3CCS(=O)(=O)CC3)s2)cc1. The van der Waals surface area contributed by atoms with E-state index in [1.807, 2.05) is 0 Å². The second kappa shape index (κ2) is 10.8. The van der Waals surface area contributed by atoms with Gasteiger partial charge in [0, 0.05) is 42.5 Å². The largest absolute Gasteiger partial charge is 0.378 e. The molecule has 0 saturated carbocycles. The second-order valence-electron chi connectivity index (χ2n) is 8.56. The lowest BCUT2D eigenvalue weighted by Gasteiger charge is -2.25. The predicted octanol–water partition coefficient (Wildman–Crippen LogP) is 0.625. The summed E-state index contributed by atoms with van der Waals surface area (Å²) in [7, 11) is -6.29. The Hall–Kier alpha value is -2.19. The number of benzene rings is 1. The maximum absolute atomic E-state index is 13.3. The quantitative estimate of drug-likeness (QED) is 0.443. The van der Waals surface area contributed by atoms with Gasteiger partial charge >= 0.3 is 0 Å². The van der Waals surface area contributed by atoms with Crippen molar-refractivity contribution < 1.29 is 26.4 Å². The molecule has 13 heteroatoms. The summed E-state index contributed by atoms with van der Waals surface area (Å²) in [5.74, 6) is 0.112. The number of nitrogens with zero attached hydrogens (tertiary/aromatic N) is 4. The molecule has 0 amide bonds. The van der Waals surface area contributed by atoms with Crippen LogP contribution in [0.5, 0.6) is 0 Å². The van der Waals surface area contributed by atoms with Gasteiger partial charge < -0.3 is 4.74 Å². The van der Waals surface area contributed by atoms with Gasteiger partial charge in [-0.1, -0.05) is 12.1 Å². The molecule has 190 valence electrons. The van der Waals surface area contributed by atoms with Gasteiger partial charge in [0.05, 0.1) is 49.1 Å². The molecule has 2 aromatic rings. The number of aromatic nitrogens is 1. The minimum Gasteiger partial charge on any atom is -0.378 e. The Kier molecular flexibility index (Phi) is 8.01. The smallest absolute Gasteiger partial charge is 0.190 e. The van der Waals surface area contributed by atoms with E-state index < -0.39 is 19.7 Å². The lowest BCUT2D eigenvalue weighted by atomic mass is 10.0. The van der Waals surface area contributed by atoms with Gasteiger partial charge in [0.25, 0.3) is 0 Å². The number of rotatable bonds is 8. The number of ether oxygens (including phenoxy) is 1. The topological polar surface area (TPSA) is 126 Å². The molecule has 0 spiro atoms. The highest BCUT2D eigenvalue weighted by molar-refractivity contribution is 7.91. The Morgan fingerprint density at radius 2 is 1.77 bits per heavy atom. The minimum absolute atomic E-state index is 0.0655. The summed E-state index contributed by atoms with van der Waals surface area (Å²) in [5.41, 5.74) is 0.796. The summed E-state index contributed by atoms with van der Waals surface area (Å²) in [5, 5.41) is 7.03. The van der Waals surface area contributed by atoms with Crippen molar-refractivity contribution in [3.63, 3.8) is 0 Å². The zero-order valence-electron chi connectivity index (χ0n) is 19.4. The molecule has 2 saturated heterocycles. The summed E-state index contributed by atoms with van der Waals surface area (Å²) < 4.78 is 52.3. The summed E-state index contributed by atoms with van der Waals surface area (Å²) >= 11 is 1.43. The van der Waals surface area contributed by atoms with E-state index in [9.17, 15) is 21.6 Å². The highest BCUT2D eigenvalue weighted by Gasteiger charge is 2.23. The first kappa shape index (κ1) is 25.9. The molecular weight excluding hydrogens is 512 g/mol. The molecule has 0 bridgehead atoms. The number of hydrogen-bond acceptors (Lipinski definition) is 11. The number of carbonyl (C=O) groups is 1. The van der Waals surface area contributed by atoms with Gasteiger partial charge in [-0.15, -0.1) is 11.3 Å². The molecule has 4 rings (SSSR count). The van der Waals surface area contributed by atoms with E-state index in [0.29, 0.717) is 56.5 Å². The van der Waals surface area contributed by atoms with Crippen LogP contribution in [0.2, 0.25) is 0 Å². The number of morpholine rings is 1. The van der Waals surface area contributed by atoms with Gasteiger partial charge in [-0.2, -0.15) is 5.10 Å². The van der Waals surface area contributed by atoms with Crippen LogP contribution >= 0.6 is 11.3 Å². The molecule has 1 aromatic carbocycles. The number of ketones is 1. The van der Waals surface area contributed by atoms with Crippen molar-refractivity contribution in [1.82, 2.24) is 14.9 Å². The van der Waals surface area contributed by atoms with Crippen LogP contribution in [0.4, 0.5) is 0 Å². The Balaban J connectivity index is 1.49. The van der Waals surface area contributed by atoms with E-state index in [1.54, 1.807) is 23.3 Å². The fraction of sp³-hybridized carbons (Fsp3) is 0.500. The highest BCUT2D eigenvalue weighted by Crippen LogP contribution is 2.19. The summed E-state index contributed by atoms with van der Waals surface area (Å²) in [6.45, 7) is 3.75. The summed E-state index contributed by atoms with van der Waals surface area (Å²) in [6.07, 6.45) is 2.94. The molecule has 2 aliphatic rings. The maximum atomic E-state index is 13.3. The van der Waals surface area contributed by atoms with Gasteiger partial charge in [0.2, 0.25) is 0 Å². The Bertz CT molecular complexity index is 1280. The monoisotopic (exact) mass is 540 g/mol. The third-order valence-corrected chi connectivity index (χ3v) is 9.50. The molecule has 3 heterocycles. The van der Waals surface area contributed by atoms with Gasteiger partial charge in [-0.05, 0) is 12.1 Å². The molecule has 1 aromatic heterocycles. The molecule has 0 radical (unpaired) electrons. The van der Waals surface area contributed by atoms with E-state index in [2.05, 4.69) is 15.0 Å². The lowest BCUT2D eigenvalue weighted by Crippen LogP contribution is -2.39. The molecule has 0 N–H and O–H groups in total. The first-order chi connectivity index (χ1) is 16.6. The summed E-state index contributed by atoms with van der Waals surface area (Å²) in [4.78, 5) is 20.9. The predicted molar refractivity (Wildman–Crippen MR) is 133 cm³/mol. The van der Waals surface area contributed by atoms with E-state index in [-0.39, 0.29) is 34.3 Å². The van der Waals surface area contributed by atoms with Crippen molar-refractivity contribution in [3.05, 3.63) is 45.9 Å². The fourth-order valence-corrected chi connectivity index (χ4v) is 6.65. The normalized spacial score (nSPS) is 19.6. The van der Waals surface area contributed by atoms with Crippen LogP contribution < -0.4 is 0 Å². The Morgan fingerprint density at radius 1 is 1.11 bits per heavy atom. The van der Waals surface area contributed by atoms with Gasteiger partial charge in [-0.25, -0.2) is 21.8 Å². The zero-order chi connectivity index (χ0) is 25.1. The van der Waals surface area contributed by atoms with Crippen molar-refractivity contribution in [2.75, 3.05) is 57.2 Å². The number of sulfone groups is 2. The lowest BCUT2D eigenvalue weighted by molar-refractivity contribution is -0.112. The molecular formula is C22H28N4O6S3. The third kappa shape index (κ3) is 7.17. The Labute approximate surface area is 209 Å². The number of hydrogen-bond donors (Lipinski definition) is 0. The van der Waals surface area contributed by atoms with Crippen molar-refractivity contribution in [2.24, 2.45) is 5.10 Å². The van der Waals surface area contributed by atoms with Gasteiger partial charge in [0.1, 0.15) is 10.7 Å². The molecule has 2 aliphatic heterocycles. The van der Waals surface area contributed by atoms with Crippen LogP contribution in [0.25, 0.3) is 0 Å². The molecule has 0 aliphatic carbocycles. The van der Waals surface area contributed by atoms with E-state index >= 15 is 0 Å². The first-order valence-corrected chi connectivity index (χ1v) is 15.7. The van der Waals surface area contributed by atoms with E-state index in [1.165, 1.54) is 23.5 Å². The van der Waals surface area contributed by atoms with Crippen molar-refractivity contribution in [1.29, 1.82) is 0 Å². The van der Waals surface area contributed by atoms with Crippen LogP contribution in [0.3, 0.4) is 0 Å².